The van der Waals surface area contributed by atoms with Crippen LogP contribution in [-0.4, -0.2) is 15.9 Å². The molecule has 0 aliphatic carbocycles. The van der Waals surface area contributed by atoms with Gasteiger partial charge in [0.2, 0.25) is 11.9 Å². The van der Waals surface area contributed by atoms with Gasteiger partial charge >= 0.3 is 0 Å². The van der Waals surface area contributed by atoms with Crippen LogP contribution < -0.4 is 11.1 Å². The van der Waals surface area contributed by atoms with Gasteiger partial charge in [0.05, 0.1) is 0 Å². The lowest BCUT2D eigenvalue weighted by Crippen LogP contribution is -2.28. The predicted molar refractivity (Wildman–Crippen MR) is 60.6 cm³/mol. The molecule has 0 aliphatic rings. The summed E-state index contributed by atoms with van der Waals surface area (Å²) in [5.41, 5.74) is 6.57. The lowest BCUT2D eigenvalue weighted by Gasteiger charge is -2.10. The van der Waals surface area contributed by atoms with E-state index in [2.05, 4.69) is 15.3 Å². The zero-order valence-corrected chi connectivity index (χ0v) is 8.55. The number of H-pyrrole nitrogens is 1. The van der Waals surface area contributed by atoms with Crippen molar-refractivity contribution in [2.75, 3.05) is 5.32 Å². The summed E-state index contributed by atoms with van der Waals surface area (Å²) in [4.78, 5) is 18.4. The van der Waals surface area contributed by atoms with Crippen LogP contribution in [0.15, 0.2) is 42.7 Å². The van der Waals surface area contributed by atoms with Crippen molar-refractivity contribution < 1.29 is 4.79 Å². The summed E-state index contributed by atoms with van der Waals surface area (Å²) in [5, 5.41) is 2.59. The number of imidazole rings is 1. The van der Waals surface area contributed by atoms with E-state index in [-0.39, 0.29) is 5.91 Å². The fraction of sp³-hybridized carbons (Fsp3) is 0.0909. The number of aromatic amines is 1. The first-order chi connectivity index (χ1) is 7.77. The number of rotatable bonds is 3. The molecule has 1 heterocycles. The largest absolute Gasteiger partial charge is 0.331 e. The van der Waals surface area contributed by atoms with E-state index in [1.807, 2.05) is 30.3 Å². The third kappa shape index (κ3) is 2.26. The number of hydrogen-bond acceptors (Lipinski definition) is 3. The summed E-state index contributed by atoms with van der Waals surface area (Å²) in [6.45, 7) is 0. The fourth-order valence-corrected chi connectivity index (χ4v) is 1.34. The molecule has 4 N–H and O–H groups in total. The minimum Gasteiger partial charge on any atom is -0.331 e. The Kier molecular flexibility index (Phi) is 2.98. The zero-order chi connectivity index (χ0) is 11.4. The van der Waals surface area contributed by atoms with E-state index < -0.39 is 6.04 Å². The molecule has 0 spiro atoms. The highest BCUT2D eigenvalue weighted by Gasteiger charge is 2.15. The fourth-order valence-electron chi connectivity index (χ4n) is 1.34. The third-order valence-electron chi connectivity index (χ3n) is 2.18. The summed E-state index contributed by atoms with van der Waals surface area (Å²) in [7, 11) is 0. The number of benzene rings is 1. The Morgan fingerprint density at radius 1 is 1.38 bits per heavy atom. The monoisotopic (exact) mass is 216 g/mol. The first-order valence-corrected chi connectivity index (χ1v) is 4.88. The van der Waals surface area contributed by atoms with E-state index in [1.54, 1.807) is 12.4 Å². The maximum Gasteiger partial charge on any atom is 0.248 e. The molecule has 0 radical (unpaired) electrons. The van der Waals surface area contributed by atoms with Gasteiger partial charge in [-0.3, -0.25) is 10.1 Å². The number of nitrogens with one attached hydrogen (secondary N) is 2. The number of aromatic nitrogens is 2. The minimum atomic E-state index is -0.689. The molecule has 2 rings (SSSR count). The van der Waals surface area contributed by atoms with E-state index in [1.165, 1.54) is 0 Å². The van der Waals surface area contributed by atoms with Crippen LogP contribution >= 0.6 is 0 Å². The van der Waals surface area contributed by atoms with Gasteiger partial charge in [0, 0.05) is 12.4 Å². The number of anilines is 1. The van der Waals surface area contributed by atoms with Crippen LogP contribution in [0.3, 0.4) is 0 Å². The number of nitrogens with two attached hydrogens (primary N) is 1. The number of hydrogen-bond donors (Lipinski definition) is 3. The molecule has 0 aliphatic heterocycles. The average molecular weight is 216 g/mol. The van der Waals surface area contributed by atoms with Crippen molar-refractivity contribution in [2.24, 2.45) is 5.73 Å². The Morgan fingerprint density at radius 2 is 2.12 bits per heavy atom. The molecule has 5 nitrogen and oxygen atoms in total. The van der Waals surface area contributed by atoms with Gasteiger partial charge in [0.1, 0.15) is 6.04 Å². The highest BCUT2D eigenvalue weighted by Crippen LogP contribution is 2.11. The van der Waals surface area contributed by atoms with Crippen LogP contribution in [0.25, 0.3) is 0 Å². The van der Waals surface area contributed by atoms with Gasteiger partial charge < -0.3 is 10.7 Å². The SMILES string of the molecule is N[C@H](C(=O)Nc1ncc[nH]1)c1ccccc1. The van der Waals surface area contributed by atoms with Crippen molar-refractivity contribution in [1.82, 2.24) is 9.97 Å². The highest BCUT2D eigenvalue weighted by atomic mass is 16.2. The zero-order valence-electron chi connectivity index (χ0n) is 8.55. The Bertz CT molecular complexity index is 452. The normalized spacial score (nSPS) is 12.1. The Labute approximate surface area is 92.7 Å². The van der Waals surface area contributed by atoms with Crippen molar-refractivity contribution in [3.63, 3.8) is 0 Å². The van der Waals surface area contributed by atoms with E-state index in [9.17, 15) is 4.79 Å². The van der Waals surface area contributed by atoms with E-state index in [0.717, 1.165) is 5.56 Å². The quantitative estimate of drug-likeness (QED) is 0.717. The second-order valence-electron chi connectivity index (χ2n) is 3.32. The van der Waals surface area contributed by atoms with Gasteiger partial charge in [0.25, 0.3) is 0 Å². The molecule has 5 heteroatoms. The molecule has 0 bridgehead atoms. The van der Waals surface area contributed by atoms with Crippen LogP contribution in [0.1, 0.15) is 11.6 Å². The minimum absolute atomic E-state index is 0.291. The van der Waals surface area contributed by atoms with Crippen LogP contribution in [0.4, 0.5) is 5.95 Å². The van der Waals surface area contributed by atoms with Crippen molar-refractivity contribution in [3.05, 3.63) is 48.3 Å². The average Bonchev–Trinajstić information content (AvgIpc) is 2.82. The molecule has 82 valence electrons. The van der Waals surface area contributed by atoms with Gasteiger partial charge in [-0.25, -0.2) is 4.98 Å². The molecule has 0 saturated carbocycles. The van der Waals surface area contributed by atoms with E-state index in [0.29, 0.717) is 5.95 Å². The van der Waals surface area contributed by atoms with Crippen LogP contribution in [0, 0.1) is 0 Å². The van der Waals surface area contributed by atoms with Crippen molar-refractivity contribution in [2.45, 2.75) is 6.04 Å². The smallest absolute Gasteiger partial charge is 0.248 e. The summed E-state index contributed by atoms with van der Waals surface area (Å²) < 4.78 is 0. The maximum absolute atomic E-state index is 11.7. The summed E-state index contributed by atoms with van der Waals surface area (Å²) in [6.07, 6.45) is 3.19. The summed E-state index contributed by atoms with van der Waals surface area (Å²) in [6, 6.07) is 8.50. The predicted octanol–water partition coefficient (Wildman–Crippen LogP) is 1.05. The molecule has 1 atom stereocenters. The van der Waals surface area contributed by atoms with Gasteiger partial charge in [-0.05, 0) is 5.56 Å². The van der Waals surface area contributed by atoms with Gasteiger partial charge in [-0.2, -0.15) is 0 Å². The molecule has 0 unspecified atom stereocenters. The molecule has 1 aromatic heterocycles. The molecule has 2 aromatic rings. The number of carbonyl (C=O) groups is 1. The van der Waals surface area contributed by atoms with Crippen molar-refractivity contribution in [1.29, 1.82) is 0 Å². The lowest BCUT2D eigenvalue weighted by atomic mass is 10.1. The molecular formula is C11H12N4O. The Morgan fingerprint density at radius 3 is 2.75 bits per heavy atom. The molecular weight excluding hydrogens is 204 g/mol. The van der Waals surface area contributed by atoms with Crippen LogP contribution in [0.2, 0.25) is 0 Å². The molecule has 16 heavy (non-hydrogen) atoms. The first-order valence-electron chi connectivity index (χ1n) is 4.88. The van der Waals surface area contributed by atoms with E-state index >= 15 is 0 Å². The number of amides is 1. The Balaban J connectivity index is 2.05. The standard InChI is InChI=1S/C11H12N4O/c12-9(8-4-2-1-3-5-8)10(16)15-11-13-6-7-14-11/h1-7,9H,12H2,(H2,13,14,15,16)/t9-/m0/s1. The van der Waals surface area contributed by atoms with Crippen LogP contribution in [0.5, 0.6) is 0 Å². The van der Waals surface area contributed by atoms with Crippen LogP contribution in [-0.2, 0) is 4.79 Å². The van der Waals surface area contributed by atoms with Crippen molar-refractivity contribution in [3.8, 4) is 0 Å². The lowest BCUT2D eigenvalue weighted by molar-refractivity contribution is -0.117. The first kappa shape index (κ1) is 10.4. The number of nitrogens with zero attached hydrogens (tertiary/aromatic N) is 1. The Hall–Kier alpha value is -2.14. The molecule has 0 fully saturated rings. The second-order valence-corrected chi connectivity index (χ2v) is 3.32. The number of carbonyl (C=O) groups excluding carboxylic acids is 1. The second kappa shape index (κ2) is 4.59. The molecule has 0 saturated heterocycles. The van der Waals surface area contributed by atoms with Gasteiger partial charge in [-0.1, -0.05) is 30.3 Å². The molecule has 1 amide bonds. The van der Waals surface area contributed by atoms with Gasteiger partial charge in [-0.15, -0.1) is 0 Å². The van der Waals surface area contributed by atoms with Crippen molar-refractivity contribution >= 4 is 11.9 Å². The highest BCUT2D eigenvalue weighted by molar-refractivity contribution is 5.93. The summed E-state index contributed by atoms with van der Waals surface area (Å²) >= 11 is 0. The van der Waals surface area contributed by atoms with Gasteiger partial charge in [0.15, 0.2) is 0 Å². The van der Waals surface area contributed by atoms with E-state index in [4.69, 9.17) is 5.73 Å². The maximum atomic E-state index is 11.7. The summed E-state index contributed by atoms with van der Waals surface area (Å²) in [5.74, 6) is 0.109. The molecule has 1 aromatic carbocycles. The topological polar surface area (TPSA) is 83.8 Å². The third-order valence-corrected chi connectivity index (χ3v) is 2.18.